The number of nitrogens with zero attached hydrogens (tertiary/aromatic N) is 1. The lowest BCUT2D eigenvalue weighted by Gasteiger charge is -2.33. The van der Waals surface area contributed by atoms with Crippen molar-refractivity contribution in [2.24, 2.45) is 0 Å². The standard InChI is InChI=1S/C13H24N2O2/c1-10(15-7-3-4-8-15)9-13(2,12(16)17)14-11-5-6-11/h10-11,14H,3-9H2,1-2H3,(H,16,17). The van der Waals surface area contributed by atoms with E-state index in [9.17, 15) is 9.90 Å². The van der Waals surface area contributed by atoms with Gasteiger partial charge in [0.2, 0.25) is 0 Å². The molecule has 17 heavy (non-hydrogen) atoms. The predicted molar refractivity (Wildman–Crippen MR) is 67.1 cm³/mol. The lowest BCUT2D eigenvalue weighted by Crippen LogP contribution is -2.54. The fraction of sp³-hybridized carbons (Fsp3) is 0.923. The van der Waals surface area contributed by atoms with Gasteiger partial charge in [-0.15, -0.1) is 0 Å². The Morgan fingerprint density at radius 1 is 1.47 bits per heavy atom. The normalized spacial score (nSPS) is 26.7. The van der Waals surface area contributed by atoms with Crippen molar-refractivity contribution in [1.82, 2.24) is 10.2 Å². The van der Waals surface area contributed by atoms with Crippen molar-refractivity contribution in [3.8, 4) is 0 Å². The SMILES string of the molecule is CC(CC(C)(NC1CC1)C(=O)O)N1CCCC1. The maximum atomic E-state index is 11.5. The van der Waals surface area contributed by atoms with E-state index < -0.39 is 11.5 Å². The highest BCUT2D eigenvalue weighted by molar-refractivity contribution is 5.78. The minimum Gasteiger partial charge on any atom is -0.480 e. The van der Waals surface area contributed by atoms with Crippen LogP contribution in [-0.2, 0) is 4.79 Å². The molecule has 1 heterocycles. The number of aliphatic carboxylic acids is 1. The summed E-state index contributed by atoms with van der Waals surface area (Å²) in [4.78, 5) is 13.9. The number of hydrogen-bond acceptors (Lipinski definition) is 3. The number of likely N-dealkylation sites (tertiary alicyclic amines) is 1. The van der Waals surface area contributed by atoms with Gasteiger partial charge in [-0.3, -0.25) is 10.1 Å². The summed E-state index contributed by atoms with van der Waals surface area (Å²) < 4.78 is 0. The van der Waals surface area contributed by atoms with E-state index in [4.69, 9.17) is 0 Å². The number of nitrogens with one attached hydrogen (secondary N) is 1. The van der Waals surface area contributed by atoms with Gasteiger partial charge in [0.15, 0.2) is 0 Å². The zero-order valence-corrected chi connectivity index (χ0v) is 10.9. The van der Waals surface area contributed by atoms with Crippen LogP contribution in [-0.4, -0.2) is 46.7 Å². The van der Waals surface area contributed by atoms with Crippen molar-refractivity contribution in [2.45, 2.75) is 63.6 Å². The van der Waals surface area contributed by atoms with Crippen LogP contribution in [0.25, 0.3) is 0 Å². The topological polar surface area (TPSA) is 52.6 Å². The van der Waals surface area contributed by atoms with E-state index in [1.165, 1.54) is 12.8 Å². The highest BCUT2D eigenvalue weighted by atomic mass is 16.4. The fourth-order valence-electron chi connectivity index (χ4n) is 2.79. The van der Waals surface area contributed by atoms with Crippen molar-refractivity contribution in [1.29, 1.82) is 0 Å². The Balaban J connectivity index is 1.93. The maximum absolute atomic E-state index is 11.5. The van der Waals surface area contributed by atoms with E-state index in [2.05, 4.69) is 17.1 Å². The zero-order valence-electron chi connectivity index (χ0n) is 10.9. The van der Waals surface area contributed by atoms with Gasteiger partial charge in [-0.2, -0.15) is 0 Å². The fourth-order valence-corrected chi connectivity index (χ4v) is 2.79. The summed E-state index contributed by atoms with van der Waals surface area (Å²) in [5, 5.41) is 12.7. The van der Waals surface area contributed by atoms with Gasteiger partial charge in [0.05, 0.1) is 0 Å². The van der Waals surface area contributed by atoms with E-state index in [0.717, 1.165) is 25.9 Å². The molecule has 0 radical (unpaired) electrons. The maximum Gasteiger partial charge on any atom is 0.323 e. The Hall–Kier alpha value is -0.610. The first-order valence-corrected chi connectivity index (χ1v) is 6.76. The van der Waals surface area contributed by atoms with E-state index in [0.29, 0.717) is 18.5 Å². The van der Waals surface area contributed by atoms with Crippen molar-refractivity contribution in [3.63, 3.8) is 0 Å². The molecule has 2 rings (SSSR count). The summed E-state index contributed by atoms with van der Waals surface area (Å²) in [5.74, 6) is -0.713. The van der Waals surface area contributed by atoms with Gasteiger partial charge in [-0.25, -0.2) is 0 Å². The Labute approximate surface area is 103 Å². The van der Waals surface area contributed by atoms with Crippen LogP contribution in [0.1, 0.15) is 46.0 Å². The van der Waals surface area contributed by atoms with Crippen molar-refractivity contribution < 1.29 is 9.90 Å². The molecular weight excluding hydrogens is 216 g/mol. The van der Waals surface area contributed by atoms with E-state index >= 15 is 0 Å². The Morgan fingerprint density at radius 2 is 2.06 bits per heavy atom. The number of rotatable bonds is 6. The van der Waals surface area contributed by atoms with Gasteiger partial charge in [-0.05, 0) is 59.0 Å². The molecule has 0 amide bonds. The van der Waals surface area contributed by atoms with Crippen molar-refractivity contribution in [2.75, 3.05) is 13.1 Å². The molecule has 0 aromatic heterocycles. The summed E-state index contributed by atoms with van der Waals surface area (Å²) in [6.45, 7) is 6.24. The molecule has 1 saturated heterocycles. The Morgan fingerprint density at radius 3 is 2.53 bits per heavy atom. The van der Waals surface area contributed by atoms with Gasteiger partial charge < -0.3 is 10.0 Å². The summed E-state index contributed by atoms with van der Waals surface area (Å²) >= 11 is 0. The molecule has 4 heteroatoms. The third kappa shape index (κ3) is 3.19. The molecule has 0 aromatic rings. The largest absolute Gasteiger partial charge is 0.480 e. The minimum absolute atomic E-state index is 0.352. The van der Waals surface area contributed by atoms with Gasteiger partial charge in [-0.1, -0.05) is 0 Å². The van der Waals surface area contributed by atoms with Crippen molar-refractivity contribution >= 4 is 5.97 Å². The third-order valence-electron chi connectivity index (χ3n) is 4.04. The van der Waals surface area contributed by atoms with Crippen LogP contribution in [0.2, 0.25) is 0 Å². The lowest BCUT2D eigenvalue weighted by atomic mass is 9.93. The average molecular weight is 240 g/mol. The molecule has 0 aromatic carbocycles. The number of carbonyl (C=O) groups is 1. The van der Waals surface area contributed by atoms with Crippen LogP contribution in [0.15, 0.2) is 0 Å². The van der Waals surface area contributed by atoms with Crippen LogP contribution in [0, 0.1) is 0 Å². The quantitative estimate of drug-likeness (QED) is 0.738. The average Bonchev–Trinajstić information content (AvgIpc) is 2.89. The van der Waals surface area contributed by atoms with Gasteiger partial charge >= 0.3 is 5.97 Å². The Kier molecular flexibility index (Phi) is 3.73. The first-order valence-electron chi connectivity index (χ1n) is 6.76. The number of carboxylic acids is 1. The highest BCUT2D eigenvalue weighted by Crippen LogP contribution is 2.27. The summed E-state index contributed by atoms with van der Waals surface area (Å²) in [6, 6.07) is 0.784. The van der Waals surface area contributed by atoms with Crippen LogP contribution in [0.3, 0.4) is 0 Å². The molecule has 2 aliphatic rings. The molecule has 2 fully saturated rings. The third-order valence-corrected chi connectivity index (χ3v) is 4.04. The molecule has 2 unspecified atom stereocenters. The van der Waals surface area contributed by atoms with Crippen LogP contribution >= 0.6 is 0 Å². The molecule has 2 N–H and O–H groups in total. The molecule has 0 bridgehead atoms. The second-order valence-electron chi connectivity index (χ2n) is 5.85. The van der Waals surface area contributed by atoms with Crippen LogP contribution in [0.4, 0.5) is 0 Å². The monoisotopic (exact) mass is 240 g/mol. The van der Waals surface area contributed by atoms with Crippen molar-refractivity contribution in [3.05, 3.63) is 0 Å². The molecular formula is C13H24N2O2. The summed E-state index contributed by atoms with van der Waals surface area (Å²) in [6.07, 6.45) is 5.45. The summed E-state index contributed by atoms with van der Waals surface area (Å²) in [7, 11) is 0. The first kappa shape index (κ1) is 12.8. The predicted octanol–water partition coefficient (Wildman–Crippen LogP) is 1.46. The number of hydrogen-bond donors (Lipinski definition) is 2. The minimum atomic E-state index is -0.761. The molecule has 2 atom stereocenters. The molecule has 98 valence electrons. The van der Waals surface area contributed by atoms with Crippen LogP contribution in [0.5, 0.6) is 0 Å². The molecule has 1 aliphatic carbocycles. The second-order valence-corrected chi connectivity index (χ2v) is 5.85. The zero-order chi connectivity index (χ0) is 12.5. The van der Waals surface area contributed by atoms with E-state index in [1.54, 1.807) is 0 Å². The molecule has 1 saturated carbocycles. The molecule has 0 spiro atoms. The lowest BCUT2D eigenvalue weighted by molar-refractivity contribution is -0.145. The summed E-state index contributed by atoms with van der Waals surface area (Å²) in [5.41, 5.74) is -0.761. The smallest absolute Gasteiger partial charge is 0.323 e. The second kappa shape index (κ2) is 4.94. The van der Waals surface area contributed by atoms with Gasteiger partial charge in [0.1, 0.15) is 5.54 Å². The van der Waals surface area contributed by atoms with Gasteiger partial charge in [0.25, 0.3) is 0 Å². The number of carboxylic acid groups (broad SMARTS) is 1. The van der Waals surface area contributed by atoms with Crippen LogP contribution < -0.4 is 5.32 Å². The molecule has 4 nitrogen and oxygen atoms in total. The van der Waals surface area contributed by atoms with E-state index in [1.807, 2.05) is 6.92 Å². The molecule has 1 aliphatic heterocycles. The van der Waals surface area contributed by atoms with E-state index in [-0.39, 0.29) is 0 Å². The highest BCUT2D eigenvalue weighted by Gasteiger charge is 2.40. The Bertz CT molecular complexity index is 285. The van der Waals surface area contributed by atoms with Gasteiger partial charge in [0, 0.05) is 12.1 Å². The first-order chi connectivity index (χ1) is 8.01.